The Hall–Kier alpha value is -6.02. The van der Waals surface area contributed by atoms with Crippen LogP contribution in [0.2, 0.25) is 0 Å². The fourth-order valence-corrected chi connectivity index (χ4v) is 6.30. The summed E-state index contributed by atoms with van der Waals surface area (Å²) in [5.74, 6) is -11.5. The molecule has 0 aliphatic carbocycles. The van der Waals surface area contributed by atoms with Crippen LogP contribution in [0.15, 0.2) is 48.5 Å². The predicted molar refractivity (Wildman–Crippen MR) is 191 cm³/mol. The zero-order chi connectivity index (χ0) is 39.9. The number of rotatable bonds is 22. The van der Waals surface area contributed by atoms with Gasteiger partial charge in [-0.3, -0.25) is 38.4 Å². The third-order valence-corrected chi connectivity index (χ3v) is 9.30. The Kier molecular flexibility index (Phi) is 15.9. The number of fused-ring (bicyclic) bond motifs is 1. The molecule has 54 heavy (non-hydrogen) atoms. The van der Waals surface area contributed by atoms with Crippen LogP contribution in [-0.2, 0) is 56.1 Å². The van der Waals surface area contributed by atoms with Crippen molar-refractivity contribution in [2.45, 2.75) is 77.5 Å². The molecule has 2 amide bonds. The molecule has 0 radical (unpaired) electrons. The summed E-state index contributed by atoms with van der Waals surface area (Å²) in [6.45, 7) is 3.06. The van der Waals surface area contributed by atoms with E-state index in [1.165, 1.54) is 0 Å². The zero-order valence-electron chi connectivity index (χ0n) is 29.5. The van der Waals surface area contributed by atoms with Crippen LogP contribution in [0.1, 0.15) is 68.5 Å². The number of amides is 2. The van der Waals surface area contributed by atoms with E-state index in [0.717, 1.165) is 11.3 Å². The summed E-state index contributed by atoms with van der Waals surface area (Å²) < 4.78 is 5.82. The van der Waals surface area contributed by atoms with Crippen molar-refractivity contribution >= 4 is 68.8 Å². The molecular formula is C37H40N4O12S. The number of ketones is 2. The lowest BCUT2D eigenvalue weighted by Crippen LogP contribution is -2.49. The van der Waals surface area contributed by atoms with Crippen LogP contribution in [0.5, 0.6) is 0 Å². The van der Waals surface area contributed by atoms with Gasteiger partial charge in [0.1, 0.15) is 12.7 Å². The molecule has 0 aliphatic heterocycles. The van der Waals surface area contributed by atoms with Crippen molar-refractivity contribution in [1.82, 2.24) is 15.6 Å². The summed E-state index contributed by atoms with van der Waals surface area (Å²) in [6, 6.07) is 12.4. The quantitative estimate of drug-likeness (QED) is 0.0921. The minimum atomic E-state index is -1.50. The number of aliphatic carboxylic acids is 3. The molecule has 1 aromatic heterocycles. The van der Waals surface area contributed by atoms with Gasteiger partial charge in [0.25, 0.3) is 0 Å². The van der Waals surface area contributed by atoms with Crippen molar-refractivity contribution in [2.75, 3.05) is 0 Å². The van der Waals surface area contributed by atoms with E-state index in [-0.39, 0.29) is 18.0 Å². The number of carbonyl (C=O) groups excluding carboxylic acids is 5. The lowest BCUT2D eigenvalue weighted by molar-refractivity contribution is -0.150. The molecule has 0 aliphatic rings. The molecule has 3 rings (SSSR count). The number of hydrogen-bond acceptors (Lipinski definition) is 12. The Morgan fingerprint density at radius 3 is 2.07 bits per heavy atom. The minimum absolute atomic E-state index is 0.134. The van der Waals surface area contributed by atoms with E-state index >= 15 is 0 Å². The number of carboxylic acids is 3. The van der Waals surface area contributed by atoms with Crippen LogP contribution in [0.3, 0.4) is 0 Å². The molecule has 0 bridgehead atoms. The van der Waals surface area contributed by atoms with Crippen molar-refractivity contribution in [3.63, 3.8) is 0 Å². The van der Waals surface area contributed by atoms with E-state index in [4.69, 9.17) is 10.00 Å². The van der Waals surface area contributed by atoms with E-state index in [1.807, 2.05) is 6.07 Å². The SMILES string of the molecule is CC(C)C(CC(=O)C(CCC(=O)O)NC(=O)C(CC(=O)O)CC(=O)OCc1ccccc1)C(=O)NC(CC(=O)O)C(=O)Cc1ccc2nc(C#N)sc2c1. The first-order chi connectivity index (χ1) is 25.6. The number of thiazole rings is 1. The molecule has 16 nitrogen and oxygen atoms in total. The van der Waals surface area contributed by atoms with Gasteiger partial charge >= 0.3 is 23.9 Å². The standard InChI is InChI=1S/C37H40N4O12S/c1-20(2)24(37(52)41-27(17-34(48)49)28(42)12-22-8-9-26-30(13-22)54-31(18-38)39-26)16-29(43)25(10-11-32(44)45)40-36(51)23(14-33(46)47)15-35(50)53-19-21-6-4-3-5-7-21/h3-9,13,20,23-25,27H,10-12,14-17,19H2,1-2H3,(H,40,51)(H,41,52)(H,44,45)(H,46,47)(H,48,49). The highest BCUT2D eigenvalue weighted by Crippen LogP contribution is 2.24. The molecular weight excluding hydrogens is 724 g/mol. The highest BCUT2D eigenvalue weighted by atomic mass is 32.1. The summed E-state index contributed by atoms with van der Waals surface area (Å²) in [5.41, 5.74) is 1.68. The summed E-state index contributed by atoms with van der Waals surface area (Å²) in [4.78, 5) is 105. The molecule has 0 fully saturated rings. The Bertz CT molecular complexity index is 1920. The first-order valence-corrected chi connectivity index (χ1v) is 17.7. The van der Waals surface area contributed by atoms with Crippen LogP contribution in [0, 0.1) is 29.1 Å². The Morgan fingerprint density at radius 2 is 1.46 bits per heavy atom. The number of benzene rings is 2. The number of nitrogens with one attached hydrogen (secondary N) is 2. The maximum Gasteiger partial charge on any atom is 0.306 e. The van der Waals surface area contributed by atoms with Gasteiger partial charge in [0.15, 0.2) is 16.6 Å². The van der Waals surface area contributed by atoms with E-state index in [9.17, 15) is 53.7 Å². The molecule has 1 heterocycles. The van der Waals surface area contributed by atoms with Crippen molar-refractivity contribution in [3.8, 4) is 6.07 Å². The van der Waals surface area contributed by atoms with Crippen molar-refractivity contribution in [1.29, 1.82) is 5.26 Å². The zero-order valence-corrected chi connectivity index (χ0v) is 30.3. The monoisotopic (exact) mass is 764 g/mol. The summed E-state index contributed by atoms with van der Waals surface area (Å²) in [5, 5.41) is 42.4. The first kappa shape index (κ1) is 42.4. The Morgan fingerprint density at radius 1 is 0.796 bits per heavy atom. The van der Waals surface area contributed by atoms with Crippen LogP contribution in [0.25, 0.3) is 10.2 Å². The van der Waals surface area contributed by atoms with Gasteiger partial charge in [-0.1, -0.05) is 50.2 Å². The number of ether oxygens (including phenoxy) is 1. The van der Waals surface area contributed by atoms with Crippen LogP contribution in [-0.4, -0.2) is 79.6 Å². The molecule has 0 saturated heterocycles. The first-order valence-electron chi connectivity index (χ1n) is 16.9. The fraction of sp³-hybridized carbons (Fsp3) is 0.405. The second kappa shape index (κ2) is 20.3. The van der Waals surface area contributed by atoms with Crippen molar-refractivity contribution < 1.29 is 58.4 Å². The summed E-state index contributed by atoms with van der Waals surface area (Å²) >= 11 is 1.11. The molecule has 2 aromatic carbocycles. The number of nitrogens with zero attached hydrogens (tertiary/aromatic N) is 2. The maximum atomic E-state index is 13.6. The fourth-order valence-electron chi connectivity index (χ4n) is 5.48. The highest BCUT2D eigenvalue weighted by Gasteiger charge is 2.34. The average molecular weight is 765 g/mol. The Labute approximate surface area is 313 Å². The van der Waals surface area contributed by atoms with Gasteiger partial charge in [0, 0.05) is 25.2 Å². The van der Waals surface area contributed by atoms with E-state index in [0.29, 0.717) is 21.3 Å². The number of nitriles is 1. The molecule has 4 unspecified atom stereocenters. The largest absolute Gasteiger partial charge is 0.481 e. The van der Waals surface area contributed by atoms with Gasteiger partial charge in [-0.15, -0.1) is 11.3 Å². The summed E-state index contributed by atoms with van der Waals surface area (Å²) in [6.07, 6.45) is -4.06. The van der Waals surface area contributed by atoms with Crippen LogP contribution >= 0.6 is 11.3 Å². The lowest BCUT2D eigenvalue weighted by Gasteiger charge is -2.26. The van der Waals surface area contributed by atoms with Crippen LogP contribution < -0.4 is 10.6 Å². The van der Waals surface area contributed by atoms with E-state index in [1.54, 1.807) is 62.4 Å². The minimum Gasteiger partial charge on any atom is -0.481 e. The molecule has 0 spiro atoms. The van der Waals surface area contributed by atoms with E-state index in [2.05, 4.69) is 15.6 Å². The number of esters is 1. The topological polar surface area (TPSA) is 267 Å². The molecule has 5 N–H and O–H groups in total. The molecule has 3 aromatic rings. The molecule has 17 heteroatoms. The average Bonchev–Trinajstić information content (AvgIpc) is 3.53. The van der Waals surface area contributed by atoms with Gasteiger partial charge in [-0.2, -0.15) is 5.26 Å². The number of carboxylic acid groups (broad SMARTS) is 3. The maximum absolute atomic E-state index is 13.6. The van der Waals surface area contributed by atoms with Gasteiger partial charge in [-0.05, 0) is 35.6 Å². The normalized spacial score (nSPS) is 13.1. The predicted octanol–water partition coefficient (Wildman–Crippen LogP) is 3.04. The third-order valence-electron chi connectivity index (χ3n) is 8.37. The summed E-state index contributed by atoms with van der Waals surface area (Å²) in [7, 11) is 0. The van der Waals surface area contributed by atoms with E-state index < -0.39 is 116 Å². The number of hydrogen-bond donors (Lipinski definition) is 5. The molecule has 286 valence electrons. The highest BCUT2D eigenvalue weighted by molar-refractivity contribution is 7.19. The third kappa shape index (κ3) is 13.5. The van der Waals surface area contributed by atoms with Gasteiger partial charge in [-0.25, -0.2) is 4.98 Å². The van der Waals surface area contributed by atoms with Crippen LogP contribution in [0.4, 0.5) is 0 Å². The van der Waals surface area contributed by atoms with Gasteiger partial charge in [0.05, 0.1) is 47.5 Å². The number of aromatic nitrogens is 1. The number of Topliss-reactive ketones (excluding diaryl/α,β-unsaturated/α-hetero) is 2. The number of carbonyl (C=O) groups is 8. The van der Waals surface area contributed by atoms with Crippen molar-refractivity contribution in [2.24, 2.45) is 17.8 Å². The second-order valence-electron chi connectivity index (χ2n) is 12.9. The molecule has 0 saturated carbocycles. The Balaban J connectivity index is 1.74. The van der Waals surface area contributed by atoms with Gasteiger partial charge in [0.2, 0.25) is 11.8 Å². The van der Waals surface area contributed by atoms with Crippen molar-refractivity contribution in [3.05, 3.63) is 64.7 Å². The lowest BCUT2D eigenvalue weighted by atomic mass is 9.86. The smallest absolute Gasteiger partial charge is 0.306 e. The molecule has 4 atom stereocenters. The van der Waals surface area contributed by atoms with Gasteiger partial charge < -0.3 is 30.7 Å². The second-order valence-corrected chi connectivity index (χ2v) is 13.9.